The van der Waals surface area contributed by atoms with Gasteiger partial charge in [0, 0.05) is 49.4 Å². The molecule has 3 N–H and O–H groups in total. The third-order valence-corrected chi connectivity index (χ3v) is 8.64. The predicted molar refractivity (Wildman–Crippen MR) is 149 cm³/mol. The number of aliphatic hydroxyl groups is 1. The van der Waals surface area contributed by atoms with Crippen molar-refractivity contribution in [3.8, 4) is 32.9 Å². The fourth-order valence-electron chi connectivity index (χ4n) is 5.48. The van der Waals surface area contributed by atoms with Crippen LogP contribution in [0.4, 0.5) is 5.82 Å². The predicted octanol–water partition coefficient (Wildman–Crippen LogP) is 7.30. The van der Waals surface area contributed by atoms with Gasteiger partial charge in [0.2, 0.25) is 0 Å². The summed E-state index contributed by atoms with van der Waals surface area (Å²) in [6.45, 7) is 0. The quantitative estimate of drug-likeness (QED) is 0.262. The van der Waals surface area contributed by atoms with E-state index in [4.69, 9.17) is 10.2 Å². The lowest BCUT2D eigenvalue weighted by Crippen LogP contribution is -2.21. The highest BCUT2D eigenvalue weighted by atomic mass is 32.1. The van der Waals surface area contributed by atoms with E-state index in [9.17, 15) is 5.11 Å². The monoisotopic (exact) mass is 506 g/mol. The Bertz CT molecular complexity index is 1730. The van der Waals surface area contributed by atoms with Crippen molar-refractivity contribution in [3.05, 3.63) is 79.3 Å². The first-order valence-corrected chi connectivity index (χ1v) is 13.5. The van der Waals surface area contributed by atoms with Gasteiger partial charge in [-0.05, 0) is 43.4 Å². The molecule has 2 aromatic carbocycles. The molecule has 4 aromatic heterocycles. The molecule has 0 spiro atoms. The molecule has 0 aliphatic heterocycles. The first kappa shape index (κ1) is 22.3. The van der Waals surface area contributed by atoms with Gasteiger partial charge in [0.25, 0.3) is 0 Å². The van der Waals surface area contributed by atoms with Crippen LogP contribution in [0.1, 0.15) is 31.7 Å². The number of rotatable bonds is 4. The zero-order valence-electron chi connectivity index (χ0n) is 20.2. The van der Waals surface area contributed by atoms with Crippen LogP contribution in [0.2, 0.25) is 0 Å². The van der Waals surface area contributed by atoms with Crippen molar-refractivity contribution in [2.75, 3.05) is 5.73 Å². The van der Waals surface area contributed by atoms with E-state index < -0.39 is 0 Å². The van der Waals surface area contributed by atoms with Gasteiger partial charge in [-0.1, -0.05) is 48.5 Å². The second-order valence-electron chi connectivity index (χ2n) is 9.75. The average Bonchev–Trinajstić information content (AvgIpc) is 3.67. The van der Waals surface area contributed by atoms with E-state index in [0.717, 1.165) is 64.5 Å². The van der Waals surface area contributed by atoms with E-state index in [-0.39, 0.29) is 6.10 Å². The van der Waals surface area contributed by atoms with Crippen LogP contribution in [0.25, 0.3) is 53.9 Å². The second-order valence-corrected chi connectivity index (χ2v) is 10.8. The molecule has 37 heavy (non-hydrogen) atoms. The Balaban J connectivity index is 1.37. The third kappa shape index (κ3) is 3.82. The van der Waals surface area contributed by atoms with Crippen molar-refractivity contribution in [3.63, 3.8) is 0 Å². The van der Waals surface area contributed by atoms with Gasteiger partial charge in [-0.15, -0.1) is 11.3 Å². The van der Waals surface area contributed by atoms with Crippen LogP contribution in [-0.4, -0.2) is 26.0 Å². The molecule has 184 valence electrons. The average molecular weight is 507 g/mol. The summed E-state index contributed by atoms with van der Waals surface area (Å²) >= 11 is 1.77. The Hall–Kier alpha value is -3.94. The topological polar surface area (TPSA) is 90.1 Å². The number of aliphatic hydroxyl groups excluding tert-OH is 1. The molecule has 0 radical (unpaired) electrons. The first-order chi connectivity index (χ1) is 18.2. The second kappa shape index (κ2) is 8.87. The Kier molecular flexibility index (Phi) is 5.34. The fraction of sp³-hybridized carbons (Fsp3) is 0.200. The number of hydrogen-bond acceptors (Lipinski definition) is 6. The molecule has 0 saturated heterocycles. The maximum atomic E-state index is 9.88. The lowest BCUT2D eigenvalue weighted by Gasteiger charge is -2.25. The number of benzene rings is 2. The third-order valence-electron chi connectivity index (χ3n) is 7.42. The molecule has 4 heterocycles. The normalized spacial score (nSPS) is 18.1. The number of nitrogen functional groups attached to an aromatic ring is 1. The smallest absolute Gasteiger partial charge is 0.177 e. The fourth-order valence-corrected chi connectivity index (χ4v) is 6.69. The number of anilines is 1. The Labute approximate surface area is 218 Å². The number of fused-ring (bicyclic) bond motifs is 2. The number of pyridine rings is 1. The minimum Gasteiger partial charge on any atom is -0.452 e. The molecule has 0 amide bonds. The van der Waals surface area contributed by atoms with E-state index in [1.165, 1.54) is 9.58 Å². The maximum Gasteiger partial charge on any atom is 0.177 e. The molecule has 6 nitrogen and oxygen atoms in total. The molecular weight excluding hydrogens is 480 g/mol. The summed E-state index contributed by atoms with van der Waals surface area (Å²) in [6, 6.07) is 21.3. The van der Waals surface area contributed by atoms with E-state index in [1.54, 1.807) is 11.3 Å². The van der Waals surface area contributed by atoms with Crippen LogP contribution in [0.15, 0.2) is 83.7 Å². The van der Waals surface area contributed by atoms with E-state index in [1.807, 2.05) is 23.1 Å². The summed E-state index contributed by atoms with van der Waals surface area (Å²) in [5, 5.41) is 16.6. The van der Waals surface area contributed by atoms with Crippen molar-refractivity contribution < 1.29 is 9.52 Å². The molecule has 7 rings (SSSR count). The summed E-state index contributed by atoms with van der Waals surface area (Å²) in [5.74, 6) is 1.15. The van der Waals surface area contributed by atoms with Gasteiger partial charge >= 0.3 is 0 Å². The molecule has 0 atom stereocenters. The molecular formula is C30H26N4O2S. The van der Waals surface area contributed by atoms with E-state index in [2.05, 4.69) is 70.9 Å². The van der Waals surface area contributed by atoms with Crippen molar-refractivity contribution >= 4 is 38.2 Å². The van der Waals surface area contributed by atoms with Crippen LogP contribution >= 0.6 is 11.3 Å². The van der Waals surface area contributed by atoms with Crippen molar-refractivity contribution in [1.29, 1.82) is 0 Å². The largest absolute Gasteiger partial charge is 0.452 e. The van der Waals surface area contributed by atoms with Gasteiger partial charge in [0.05, 0.1) is 18.3 Å². The molecule has 1 aliphatic carbocycles. The standard InChI is InChI=1S/C30H26N4O2S/c31-30-28-23(24(16-32-30)19-15-33-34(17-19)20-10-12-21(35)13-11-20)14-25(36-28)27-22-8-4-5-9-26(22)37-29(27)18-6-2-1-3-7-18/h1-9,14-17,20-21,35H,10-13H2,(H2,31,32)/t20-,21-. The number of thiophene rings is 1. The highest BCUT2D eigenvalue weighted by Gasteiger charge is 2.24. The number of hydrogen-bond donors (Lipinski definition) is 2. The van der Waals surface area contributed by atoms with E-state index in [0.29, 0.717) is 17.4 Å². The van der Waals surface area contributed by atoms with Crippen molar-refractivity contribution in [2.24, 2.45) is 0 Å². The van der Waals surface area contributed by atoms with E-state index >= 15 is 0 Å². The maximum absolute atomic E-state index is 9.88. The van der Waals surface area contributed by atoms with Crippen molar-refractivity contribution in [2.45, 2.75) is 37.8 Å². The molecule has 6 aromatic rings. The summed E-state index contributed by atoms with van der Waals surface area (Å²) < 4.78 is 9.72. The minimum atomic E-state index is -0.189. The minimum absolute atomic E-state index is 0.189. The summed E-state index contributed by atoms with van der Waals surface area (Å²) in [7, 11) is 0. The first-order valence-electron chi connectivity index (χ1n) is 12.6. The van der Waals surface area contributed by atoms with Gasteiger partial charge < -0.3 is 15.3 Å². The number of furan rings is 1. The lowest BCUT2D eigenvalue weighted by atomic mass is 9.93. The summed E-state index contributed by atoms with van der Waals surface area (Å²) in [5.41, 5.74) is 11.1. The number of nitrogens with zero attached hydrogens (tertiary/aromatic N) is 3. The Morgan fingerprint density at radius 2 is 1.70 bits per heavy atom. The van der Waals surface area contributed by atoms with Crippen LogP contribution in [0.5, 0.6) is 0 Å². The summed E-state index contributed by atoms with van der Waals surface area (Å²) in [6.07, 6.45) is 9.09. The number of aromatic nitrogens is 3. The van der Waals surface area contributed by atoms with Crippen LogP contribution in [0.3, 0.4) is 0 Å². The summed E-state index contributed by atoms with van der Waals surface area (Å²) in [4.78, 5) is 5.64. The molecule has 1 fully saturated rings. The molecule has 1 aliphatic rings. The SMILES string of the molecule is Nc1ncc(-c2cnn([C@H]3CC[C@H](O)CC3)c2)c2cc(-c3c(-c4ccccc4)sc4ccccc34)oc12. The van der Waals surface area contributed by atoms with Crippen LogP contribution < -0.4 is 5.73 Å². The van der Waals surface area contributed by atoms with Gasteiger partial charge in [-0.3, -0.25) is 4.68 Å². The highest BCUT2D eigenvalue weighted by Crippen LogP contribution is 2.47. The van der Waals surface area contributed by atoms with Gasteiger partial charge in [-0.25, -0.2) is 4.98 Å². The number of nitrogens with two attached hydrogens (primary N) is 1. The van der Waals surface area contributed by atoms with Crippen LogP contribution in [-0.2, 0) is 0 Å². The molecule has 0 bridgehead atoms. The lowest BCUT2D eigenvalue weighted by molar-refractivity contribution is 0.108. The zero-order chi connectivity index (χ0) is 24.9. The van der Waals surface area contributed by atoms with Crippen molar-refractivity contribution in [1.82, 2.24) is 14.8 Å². The Morgan fingerprint density at radius 1 is 0.919 bits per heavy atom. The Morgan fingerprint density at radius 3 is 2.54 bits per heavy atom. The van der Waals surface area contributed by atoms with Gasteiger partial charge in [0.15, 0.2) is 11.4 Å². The van der Waals surface area contributed by atoms with Gasteiger partial charge in [-0.2, -0.15) is 5.10 Å². The zero-order valence-corrected chi connectivity index (χ0v) is 21.0. The molecule has 1 saturated carbocycles. The molecule has 7 heteroatoms. The highest BCUT2D eigenvalue weighted by molar-refractivity contribution is 7.23. The molecule has 0 unspecified atom stereocenters. The van der Waals surface area contributed by atoms with Gasteiger partial charge in [0.1, 0.15) is 5.76 Å². The van der Waals surface area contributed by atoms with Crippen LogP contribution in [0, 0.1) is 0 Å².